The van der Waals surface area contributed by atoms with Crippen molar-refractivity contribution in [1.29, 1.82) is 0 Å². The van der Waals surface area contributed by atoms with Gasteiger partial charge in [-0.2, -0.15) is 0 Å². The minimum absolute atomic E-state index is 0.333. The van der Waals surface area contributed by atoms with E-state index in [0.717, 1.165) is 87.1 Å². The maximum absolute atomic E-state index is 11.2. The van der Waals surface area contributed by atoms with Gasteiger partial charge < -0.3 is 23.7 Å². The van der Waals surface area contributed by atoms with Crippen LogP contribution < -0.4 is 18.8 Å². The number of aryl methyl sites for hydroxylation is 1. The number of hydrogen-bond donors (Lipinski definition) is 0. The minimum Gasteiger partial charge on any atom is -0.490 e. The molecule has 2 rings (SSSR count). The van der Waals surface area contributed by atoms with Crippen LogP contribution in [0.25, 0.3) is 0 Å². The lowest BCUT2D eigenvalue weighted by Gasteiger charge is -2.19. The summed E-state index contributed by atoms with van der Waals surface area (Å²) in [5.74, 6) is 1.68. The van der Waals surface area contributed by atoms with Crippen molar-refractivity contribution in [2.75, 3.05) is 33.0 Å². The molecule has 1 heterocycles. The standard InChI is InChI=1S/C51H85N2O7/c1-5-8-9-10-11-12-15-24-29-34-41-60-51-47(56-37-30-25-20-16-13-18-22-27-32-39-58-49(54)6-2)42-46(44-53-36-35-52(4)45-53)43-48(51)57-38-31-26-21-17-14-19-23-28-33-40-59-50(55)7-3/h6-7,35-36,42-43,45H,2-3,5,8-34,37-41,44H2,1,4H3/q+1. The summed E-state index contributed by atoms with van der Waals surface area (Å²) in [6.45, 7) is 12.8. The topological polar surface area (TPSA) is 89.1 Å². The van der Waals surface area contributed by atoms with Crippen LogP contribution in [0.2, 0.25) is 0 Å². The molecule has 0 saturated carbocycles. The first-order chi connectivity index (χ1) is 29.5. The predicted molar refractivity (Wildman–Crippen MR) is 245 cm³/mol. The summed E-state index contributed by atoms with van der Waals surface area (Å²) < 4.78 is 34.1. The molecule has 9 nitrogen and oxygen atoms in total. The number of esters is 2. The summed E-state index contributed by atoms with van der Waals surface area (Å²) in [7, 11) is 2.04. The summed E-state index contributed by atoms with van der Waals surface area (Å²) >= 11 is 0. The van der Waals surface area contributed by atoms with Gasteiger partial charge in [-0.1, -0.05) is 168 Å². The highest BCUT2D eigenvalue weighted by molar-refractivity contribution is 5.81. The average Bonchev–Trinajstić information content (AvgIpc) is 3.67. The third-order valence-corrected chi connectivity index (χ3v) is 10.9. The van der Waals surface area contributed by atoms with Gasteiger partial charge in [0.25, 0.3) is 0 Å². The average molecular weight is 838 g/mol. The molecule has 0 fully saturated rings. The van der Waals surface area contributed by atoms with E-state index in [9.17, 15) is 9.59 Å². The number of aromatic nitrogens is 2. The molecule has 1 aromatic carbocycles. The number of hydrogen-bond acceptors (Lipinski definition) is 7. The molecule has 0 saturated heterocycles. The number of imidazole rings is 1. The number of benzene rings is 1. The van der Waals surface area contributed by atoms with Crippen LogP contribution in [0.1, 0.15) is 192 Å². The fourth-order valence-electron chi connectivity index (χ4n) is 7.36. The van der Waals surface area contributed by atoms with E-state index in [1.807, 2.05) is 7.05 Å². The van der Waals surface area contributed by atoms with E-state index in [2.05, 4.69) is 60.1 Å². The van der Waals surface area contributed by atoms with Crippen LogP contribution in [0.15, 0.2) is 56.2 Å². The highest BCUT2D eigenvalue weighted by Gasteiger charge is 2.18. The Morgan fingerprint density at radius 3 is 1.23 bits per heavy atom. The Morgan fingerprint density at radius 1 is 0.533 bits per heavy atom. The molecule has 0 spiro atoms. The van der Waals surface area contributed by atoms with Crippen molar-refractivity contribution in [3.8, 4) is 17.2 Å². The number of ether oxygens (including phenoxy) is 5. The molecule has 0 N–H and O–H groups in total. The molecule has 0 aliphatic carbocycles. The van der Waals surface area contributed by atoms with E-state index < -0.39 is 0 Å². The zero-order valence-electron chi connectivity index (χ0n) is 38.2. The first-order valence-electron chi connectivity index (χ1n) is 24.1. The molecule has 2 aromatic rings. The van der Waals surface area contributed by atoms with Gasteiger partial charge in [-0.25, -0.2) is 18.7 Å². The molecular weight excluding hydrogens is 753 g/mol. The Morgan fingerprint density at radius 2 is 0.883 bits per heavy atom. The van der Waals surface area contributed by atoms with E-state index in [1.54, 1.807) is 0 Å². The van der Waals surface area contributed by atoms with Crippen LogP contribution >= 0.6 is 0 Å². The van der Waals surface area contributed by atoms with Gasteiger partial charge in [0.05, 0.1) is 40.1 Å². The Hall–Kier alpha value is -3.75. The van der Waals surface area contributed by atoms with Gasteiger partial charge in [0.1, 0.15) is 18.9 Å². The summed E-state index contributed by atoms with van der Waals surface area (Å²) in [6, 6.07) is 4.32. The van der Waals surface area contributed by atoms with Crippen molar-refractivity contribution in [3.63, 3.8) is 0 Å². The minimum atomic E-state index is -0.333. The fourth-order valence-corrected chi connectivity index (χ4v) is 7.36. The Labute approximate surface area is 365 Å². The van der Waals surface area contributed by atoms with E-state index >= 15 is 0 Å². The lowest BCUT2D eigenvalue weighted by molar-refractivity contribution is -0.671. The molecule has 0 radical (unpaired) electrons. The second kappa shape index (κ2) is 37.0. The second-order valence-corrected chi connectivity index (χ2v) is 16.5. The lowest BCUT2D eigenvalue weighted by atomic mass is 10.1. The Bertz CT molecular complexity index is 1320. The maximum atomic E-state index is 11.2. The largest absolute Gasteiger partial charge is 0.490 e. The van der Waals surface area contributed by atoms with Crippen LogP contribution in [0.4, 0.5) is 0 Å². The van der Waals surface area contributed by atoms with Crippen molar-refractivity contribution in [1.82, 2.24) is 4.57 Å². The SMILES string of the molecule is C=CC(=O)OCCCCCCCCCCCOc1cc(Cn2cc[n+](C)c2)cc(OCCCCCCCCCCCOC(=O)C=C)c1OCCCCCCCCCCCC. The van der Waals surface area contributed by atoms with Gasteiger partial charge in [0, 0.05) is 17.7 Å². The zero-order chi connectivity index (χ0) is 43.1. The van der Waals surface area contributed by atoms with E-state index in [4.69, 9.17) is 23.7 Å². The predicted octanol–water partition coefficient (Wildman–Crippen LogP) is 12.9. The van der Waals surface area contributed by atoms with Gasteiger partial charge in [0.2, 0.25) is 12.1 Å². The number of nitrogens with zero attached hydrogens (tertiary/aromatic N) is 2. The molecule has 1 aromatic heterocycles. The van der Waals surface area contributed by atoms with Crippen molar-refractivity contribution < 1.29 is 37.8 Å². The number of rotatable bonds is 42. The molecule has 0 aliphatic heterocycles. The summed E-state index contributed by atoms with van der Waals surface area (Å²) in [5.41, 5.74) is 1.14. The van der Waals surface area contributed by atoms with Crippen LogP contribution in [-0.4, -0.2) is 49.5 Å². The highest BCUT2D eigenvalue weighted by atomic mass is 16.5. The van der Waals surface area contributed by atoms with E-state index in [-0.39, 0.29) is 11.9 Å². The second-order valence-electron chi connectivity index (χ2n) is 16.5. The Kier molecular flexibility index (Phi) is 32.3. The van der Waals surface area contributed by atoms with E-state index in [1.165, 1.54) is 134 Å². The first kappa shape index (κ1) is 52.4. The van der Waals surface area contributed by atoms with Gasteiger partial charge >= 0.3 is 11.9 Å². The molecule has 340 valence electrons. The van der Waals surface area contributed by atoms with Gasteiger partial charge in [0.15, 0.2) is 11.5 Å². The maximum Gasteiger partial charge on any atom is 0.330 e. The van der Waals surface area contributed by atoms with Crippen molar-refractivity contribution in [2.24, 2.45) is 7.05 Å². The first-order valence-corrected chi connectivity index (χ1v) is 24.1. The van der Waals surface area contributed by atoms with Crippen molar-refractivity contribution >= 4 is 11.9 Å². The molecule has 0 unspecified atom stereocenters. The molecule has 0 aliphatic rings. The molecule has 9 heteroatoms. The quantitative estimate of drug-likeness (QED) is 0.0285. The van der Waals surface area contributed by atoms with Crippen LogP contribution in [0.5, 0.6) is 17.2 Å². The Balaban J connectivity index is 1.89. The van der Waals surface area contributed by atoms with Crippen molar-refractivity contribution in [3.05, 3.63) is 61.7 Å². The third-order valence-electron chi connectivity index (χ3n) is 10.9. The molecular formula is C51H85N2O7+. The van der Waals surface area contributed by atoms with Crippen LogP contribution in [0, 0.1) is 0 Å². The number of carbonyl (C=O) groups excluding carboxylic acids is 2. The summed E-state index contributed by atoms with van der Waals surface area (Å²) in [6.07, 6.45) is 42.1. The zero-order valence-corrected chi connectivity index (χ0v) is 38.2. The normalized spacial score (nSPS) is 11.0. The fraction of sp³-hybridized carbons (Fsp3) is 0.706. The van der Waals surface area contributed by atoms with Gasteiger partial charge in [-0.15, -0.1) is 0 Å². The summed E-state index contributed by atoms with van der Waals surface area (Å²) in [4.78, 5) is 22.3. The molecule has 0 bridgehead atoms. The van der Waals surface area contributed by atoms with Crippen molar-refractivity contribution in [2.45, 2.75) is 193 Å². The molecule has 0 atom stereocenters. The van der Waals surface area contributed by atoms with E-state index in [0.29, 0.717) is 33.0 Å². The third kappa shape index (κ3) is 27.9. The highest BCUT2D eigenvalue weighted by Crippen LogP contribution is 2.40. The molecule has 60 heavy (non-hydrogen) atoms. The summed E-state index contributed by atoms with van der Waals surface area (Å²) in [5, 5.41) is 0. The molecule has 0 amide bonds. The van der Waals surface area contributed by atoms with Gasteiger partial charge in [-0.3, -0.25) is 0 Å². The number of carbonyl (C=O) groups is 2. The lowest BCUT2D eigenvalue weighted by Crippen LogP contribution is -2.23. The monoisotopic (exact) mass is 838 g/mol. The van der Waals surface area contributed by atoms with Crippen LogP contribution in [0.3, 0.4) is 0 Å². The van der Waals surface area contributed by atoms with Crippen LogP contribution in [-0.2, 0) is 32.7 Å². The smallest absolute Gasteiger partial charge is 0.330 e. The number of unbranched alkanes of at least 4 members (excludes halogenated alkanes) is 25. The van der Waals surface area contributed by atoms with Gasteiger partial charge in [-0.05, 0) is 44.2 Å².